The Kier molecular flexibility index (Phi) is 3.15. The Hall–Kier alpha value is -2.68. The Balaban J connectivity index is 1.90. The fraction of sp³-hybridized carbons (Fsp3) is 0.200. The summed E-state index contributed by atoms with van der Waals surface area (Å²) in [7, 11) is 0. The summed E-state index contributed by atoms with van der Waals surface area (Å²) in [6, 6.07) is 17.1. The summed E-state index contributed by atoms with van der Waals surface area (Å²) < 4.78 is 0. The molecule has 0 radical (unpaired) electrons. The third-order valence-electron chi connectivity index (χ3n) is 4.95. The van der Waals surface area contributed by atoms with Crippen LogP contribution >= 0.6 is 0 Å². The smallest absolute Gasteiger partial charge is 0.239 e. The van der Waals surface area contributed by atoms with Gasteiger partial charge in [-0.15, -0.1) is 0 Å². The molecule has 1 N–H and O–H groups in total. The van der Waals surface area contributed by atoms with Crippen molar-refractivity contribution in [3.05, 3.63) is 77.9 Å². The SMILES string of the molecule is O=C1Nc2ccccc2C(=O)C12CCC=CC2c1ccccc1. The standard InChI is InChI=1S/C20H17NO2/c22-18-15-10-4-5-12-17(15)21-19(23)20(18)13-7-6-11-16(20)14-8-2-1-3-9-14/h1-6,8-12,16H,7,13H2,(H,21,23). The van der Waals surface area contributed by atoms with E-state index in [0.29, 0.717) is 17.7 Å². The second kappa shape index (κ2) is 5.20. The molecule has 2 aromatic rings. The number of carbonyl (C=O) groups is 2. The van der Waals surface area contributed by atoms with Gasteiger partial charge in [0.1, 0.15) is 5.41 Å². The van der Waals surface area contributed by atoms with Crippen LogP contribution in [0.2, 0.25) is 0 Å². The van der Waals surface area contributed by atoms with Gasteiger partial charge in [-0.1, -0.05) is 54.6 Å². The molecule has 0 saturated carbocycles. The number of hydrogen-bond acceptors (Lipinski definition) is 2. The van der Waals surface area contributed by atoms with E-state index in [9.17, 15) is 9.59 Å². The second-order valence-electron chi connectivity index (χ2n) is 6.16. The first-order valence-corrected chi connectivity index (χ1v) is 7.90. The molecule has 2 aromatic carbocycles. The summed E-state index contributed by atoms with van der Waals surface area (Å²) in [5, 5.41) is 2.96. The Morgan fingerprint density at radius 3 is 2.52 bits per heavy atom. The average Bonchev–Trinajstić information content (AvgIpc) is 2.61. The van der Waals surface area contributed by atoms with Gasteiger partial charge in [0.15, 0.2) is 5.78 Å². The molecule has 23 heavy (non-hydrogen) atoms. The highest BCUT2D eigenvalue weighted by molar-refractivity contribution is 6.24. The monoisotopic (exact) mass is 303 g/mol. The predicted molar refractivity (Wildman–Crippen MR) is 89.4 cm³/mol. The molecule has 2 unspecified atom stereocenters. The number of anilines is 1. The van der Waals surface area contributed by atoms with Crippen LogP contribution in [0, 0.1) is 5.41 Å². The van der Waals surface area contributed by atoms with Crippen molar-refractivity contribution in [2.24, 2.45) is 5.41 Å². The molecule has 0 aromatic heterocycles. The van der Waals surface area contributed by atoms with Crippen LogP contribution in [0.15, 0.2) is 66.7 Å². The molecular formula is C20H17NO2. The molecule has 1 aliphatic carbocycles. The predicted octanol–water partition coefficient (Wildman–Crippen LogP) is 3.94. The molecule has 0 bridgehead atoms. The first-order chi connectivity index (χ1) is 11.2. The minimum Gasteiger partial charge on any atom is -0.324 e. The van der Waals surface area contributed by atoms with Gasteiger partial charge in [-0.05, 0) is 30.5 Å². The Bertz CT molecular complexity index is 809. The average molecular weight is 303 g/mol. The van der Waals surface area contributed by atoms with E-state index >= 15 is 0 Å². The summed E-state index contributed by atoms with van der Waals surface area (Å²) >= 11 is 0. The third kappa shape index (κ3) is 1.96. The number of amides is 1. The molecule has 114 valence electrons. The van der Waals surface area contributed by atoms with E-state index in [1.165, 1.54) is 0 Å². The topological polar surface area (TPSA) is 46.2 Å². The van der Waals surface area contributed by atoms with Crippen LogP contribution < -0.4 is 5.32 Å². The minimum absolute atomic E-state index is 0.0601. The van der Waals surface area contributed by atoms with Crippen molar-refractivity contribution in [3.63, 3.8) is 0 Å². The normalized spacial score (nSPS) is 26.0. The lowest BCUT2D eigenvalue weighted by Gasteiger charge is -2.42. The molecule has 0 saturated heterocycles. The number of Topliss-reactive ketones (excluding diaryl/α,β-unsaturated/α-hetero) is 1. The van der Waals surface area contributed by atoms with E-state index < -0.39 is 5.41 Å². The van der Waals surface area contributed by atoms with Gasteiger partial charge in [0.05, 0.1) is 5.69 Å². The second-order valence-corrected chi connectivity index (χ2v) is 6.16. The number of para-hydroxylation sites is 1. The summed E-state index contributed by atoms with van der Waals surface area (Å²) in [6.07, 6.45) is 5.38. The largest absolute Gasteiger partial charge is 0.324 e. The summed E-state index contributed by atoms with van der Waals surface area (Å²) in [5.74, 6) is -0.465. The lowest BCUT2D eigenvalue weighted by atomic mass is 9.61. The van der Waals surface area contributed by atoms with Crippen LogP contribution in [0.4, 0.5) is 5.69 Å². The number of benzene rings is 2. The summed E-state index contributed by atoms with van der Waals surface area (Å²) in [5.41, 5.74) is 1.20. The van der Waals surface area contributed by atoms with Crippen LogP contribution in [-0.4, -0.2) is 11.7 Å². The van der Waals surface area contributed by atoms with Gasteiger partial charge >= 0.3 is 0 Å². The van der Waals surface area contributed by atoms with Crippen molar-refractivity contribution in [1.82, 2.24) is 0 Å². The number of hydrogen-bond donors (Lipinski definition) is 1. The van der Waals surface area contributed by atoms with Gasteiger partial charge in [0, 0.05) is 11.5 Å². The van der Waals surface area contributed by atoms with Crippen molar-refractivity contribution in [3.8, 4) is 0 Å². The number of fused-ring (bicyclic) bond motifs is 1. The molecule has 0 fully saturated rings. The zero-order chi connectivity index (χ0) is 15.9. The van der Waals surface area contributed by atoms with Gasteiger partial charge in [-0.2, -0.15) is 0 Å². The summed E-state index contributed by atoms with van der Waals surface area (Å²) in [6.45, 7) is 0. The fourth-order valence-electron chi connectivity index (χ4n) is 3.80. The fourth-order valence-corrected chi connectivity index (χ4v) is 3.80. The molecule has 2 atom stereocenters. The highest BCUT2D eigenvalue weighted by Gasteiger charge is 2.54. The zero-order valence-corrected chi connectivity index (χ0v) is 12.7. The first kappa shape index (κ1) is 13.9. The lowest BCUT2D eigenvalue weighted by Crippen LogP contribution is -2.51. The molecule has 1 aliphatic heterocycles. The van der Waals surface area contributed by atoms with Crippen LogP contribution in [-0.2, 0) is 4.79 Å². The zero-order valence-electron chi connectivity index (χ0n) is 12.7. The van der Waals surface area contributed by atoms with Crippen molar-refractivity contribution in [2.75, 3.05) is 5.32 Å². The molecular weight excluding hydrogens is 286 g/mol. The van der Waals surface area contributed by atoms with Crippen LogP contribution in [0.25, 0.3) is 0 Å². The number of nitrogens with one attached hydrogen (secondary N) is 1. The van der Waals surface area contributed by atoms with E-state index in [1.54, 1.807) is 12.1 Å². The lowest BCUT2D eigenvalue weighted by molar-refractivity contribution is -0.124. The van der Waals surface area contributed by atoms with Crippen molar-refractivity contribution in [1.29, 1.82) is 0 Å². The van der Waals surface area contributed by atoms with Crippen LogP contribution in [0.3, 0.4) is 0 Å². The first-order valence-electron chi connectivity index (χ1n) is 7.90. The maximum absolute atomic E-state index is 13.3. The molecule has 3 heteroatoms. The molecule has 2 aliphatic rings. The molecule has 1 heterocycles. The van der Waals surface area contributed by atoms with Gasteiger partial charge in [-0.25, -0.2) is 0 Å². The Morgan fingerprint density at radius 1 is 0.957 bits per heavy atom. The van der Waals surface area contributed by atoms with E-state index in [0.717, 1.165) is 12.0 Å². The van der Waals surface area contributed by atoms with Crippen LogP contribution in [0.1, 0.15) is 34.7 Å². The van der Waals surface area contributed by atoms with Crippen molar-refractivity contribution in [2.45, 2.75) is 18.8 Å². The minimum atomic E-state index is -1.04. The highest BCUT2D eigenvalue weighted by Crippen LogP contribution is 2.49. The molecule has 4 rings (SSSR count). The maximum Gasteiger partial charge on any atom is 0.239 e. The summed E-state index contributed by atoms with van der Waals surface area (Å²) in [4.78, 5) is 26.3. The maximum atomic E-state index is 13.3. The van der Waals surface area contributed by atoms with Gasteiger partial charge in [-0.3, -0.25) is 9.59 Å². The third-order valence-corrected chi connectivity index (χ3v) is 4.95. The van der Waals surface area contributed by atoms with Gasteiger partial charge in [0.2, 0.25) is 5.91 Å². The number of ketones is 1. The van der Waals surface area contributed by atoms with E-state index in [4.69, 9.17) is 0 Å². The number of carbonyl (C=O) groups excluding carboxylic acids is 2. The van der Waals surface area contributed by atoms with E-state index in [2.05, 4.69) is 11.4 Å². The molecule has 1 spiro atoms. The van der Waals surface area contributed by atoms with E-state index in [-0.39, 0.29) is 17.6 Å². The number of rotatable bonds is 1. The Morgan fingerprint density at radius 2 is 1.70 bits per heavy atom. The van der Waals surface area contributed by atoms with Crippen molar-refractivity contribution >= 4 is 17.4 Å². The molecule has 3 nitrogen and oxygen atoms in total. The van der Waals surface area contributed by atoms with Crippen LogP contribution in [0.5, 0.6) is 0 Å². The van der Waals surface area contributed by atoms with Crippen molar-refractivity contribution < 1.29 is 9.59 Å². The molecule has 1 amide bonds. The van der Waals surface area contributed by atoms with Gasteiger partial charge < -0.3 is 5.32 Å². The van der Waals surface area contributed by atoms with E-state index in [1.807, 2.05) is 48.5 Å². The van der Waals surface area contributed by atoms with Gasteiger partial charge in [0.25, 0.3) is 0 Å². The highest BCUT2D eigenvalue weighted by atomic mass is 16.2. The quantitative estimate of drug-likeness (QED) is 0.640. The number of allylic oxidation sites excluding steroid dienone is 2. The Labute approximate surface area is 135 Å².